The van der Waals surface area contributed by atoms with E-state index < -0.39 is 12.0 Å². The molecule has 1 N–H and O–H groups in total. The van der Waals surface area contributed by atoms with E-state index in [9.17, 15) is 9.59 Å². The highest BCUT2D eigenvalue weighted by molar-refractivity contribution is 5.83. The van der Waals surface area contributed by atoms with Crippen LogP contribution >= 0.6 is 0 Å². The molecule has 0 saturated heterocycles. The van der Waals surface area contributed by atoms with E-state index in [0.717, 1.165) is 22.4 Å². The van der Waals surface area contributed by atoms with Gasteiger partial charge in [0.2, 0.25) is 5.91 Å². The van der Waals surface area contributed by atoms with Gasteiger partial charge in [-0.2, -0.15) is 0 Å². The van der Waals surface area contributed by atoms with Crippen LogP contribution in [0.15, 0.2) is 12.1 Å². The molecule has 1 rings (SSSR count). The smallest absolute Gasteiger partial charge is 0.331 e. The van der Waals surface area contributed by atoms with Crippen LogP contribution in [0.25, 0.3) is 0 Å². The molecular formula is C15H21NO4. The number of ether oxygens (including phenoxy) is 2. The number of carbonyl (C=O) groups is 2. The Kier molecular flexibility index (Phi) is 5.55. The number of hydrogen-bond donors (Lipinski definition) is 1. The van der Waals surface area contributed by atoms with E-state index in [1.807, 2.05) is 32.9 Å². The summed E-state index contributed by atoms with van der Waals surface area (Å²) in [5, 5.41) is 2.51. The van der Waals surface area contributed by atoms with E-state index in [1.54, 1.807) is 0 Å². The Balaban J connectivity index is 2.82. The second-order valence-corrected chi connectivity index (χ2v) is 4.82. The largest absolute Gasteiger partial charge is 0.490 e. The summed E-state index contributed by atoms with van der Waals surface area (Å²) in [7, 11) is 1.28. The normalized spacial score (nSPS) is 11.7. The van der Waals surface area contributed by atoms with Crippen LogP contribution in [0.3, 0.4) is 0 Å². The van der Waals surface area contributed by atoms with Gasteiger partial charge in [0, 0.05) is 6.92 Å². The van der Waals surface area contributed by atoms with Crippen LogP contribution in [0.2, 0.25) is 0 Å². The molecule has 0 aliphatic rings. The molecular weight excluding hydrogens is 258 g/mol. The standard InChI is InChI=1S/C15H21NO4/c1-9-6-10(2)14(11(3)7-9)20-8-13(15(18)19-5)16-12(4)17/h6-7,13H,8H2,1-5H3,(H,16,17). The van der Waals surface area contributed by atoms with Crippen molar-refractivity contribution in [1.82, 2.24) is 5.32 Å². The maximum atomic E-state index is 11.6. The Morgan fingerprint density at radius 3 is 2.20 bits per heavy atom. The number of hydrogen-bond acceptors (Lipinski definition) is 4. The zero-order valence-electron chi connectivity index (χ0n) is 12.6. The summed E-state index contributed by atoms with van der Waals surface area (Å²) in [6.45, 7) is 7.29. The van der Waals surface area contributed by atoms with E-state index >= 15 is 0 Å². The molecule has 0 aliphatic heterocycles. The third-order valence-corrected chi connectivity index (χ3v) is 2.86. The molecule has 0 bridgehead atoms. The van der Waals surface area contributed by atoms with Gasteiger partial charge >= 0.3 is 5.97 Å². The van der Waals surface area contributed by atoms with Crippen LogP contribution in [-0.2, 0) is 14.3 Å². The lowest BCUT2D eigenvalue weighted by molar-refractivity contribution is -0.145. The highest BCUT2D eigenvalue weighted by atomic mass is 16.5. The lowest BCUT2D eigenvalue weighted by Gasteiger charge is -2.18. The number of amides is 1. The van der Waals surface area contributed by atoms with E-state index in [1.165, 1.54) is 14.0 Å². The molecule has 0 spiro atoms. The van der Waals surface area contributed by atoms with Gasteiger partial charge in [0.1, 0.15) is 12.4 Å². The highest BCUT2D eigenvalue weighted by Gasteiger charge is 2.21. The summed E-state index contributed by atoms with van der Waals surface area (Å²) in [6.07, 6.45) is 0. The lowest BCUT2D eigenvalue weighted by atomic mass is 10.1. The zero-order chi connectivity index (χ0) is 15.3. The van der Waals surface area contributed by atoms with Crippen molar-refractivity contribution < 1.29 is 19.1 Å². The molecule has 0 saturated carbocycles. The maximum Gasteiger partial charge on any atom is 0.331 e. The van der Waals surface area contributed by atoms with Crippen LogP contribution in [0.1, 0.15) is 23.6 Å². The zero-order valence-corrected chi connectivity index (χ0v) is 12.6. The summed E-state index contributed by atoms with van der Waals surface area (Å²) in [5.41, 5.74) is 3.14. The van der Waals surface area contributed by atoms with E-state index in [0.29, 0.717) is 0 Å². The van der Waals surface area contributed by atoms with E-state index in [4.69, 9.17) is 4.74 Å². The molecule has 5 heteroatoms. The first kappa shape index (κ1) is 16.0. The molecule has 1 aromatic rings. The SMILES string of the molecule is COC(=O)C(COc1c(C)cc(C)cc1C)NC(C)=O. The molecule has 0 heterocycles. The van der Waals surface area contributed by atoms with Crippen molar-refractivity contribution in [2.24, 2.45) is 0 Å². The quantitative estimate of drug-likeness (QED) is 0.833. The monoisotopic (exact) mass is 279 g/mol. The Hall–Kier alpha value is -2.04. The lowest BCUT2D eigenvalue weighted by Crippen LogP contribution is -2.44. The van der Waals surface area contributed by atoms with Crippen LogP contribution in [0.4, 0.5) is 0 Å². The average molecular weight is 279 g/mol. The summed E-state index contributed by atoms with van der Waals surface area (Å²) in [4.78, 5) is 22.7. The molecule has 0 aromatic heterocycles. The Morgan fingerprint density at radius 1 is 1.20 bits per heavy atom. The predicted octanol–water partition coefficient (Wildman–Crippen LogP) is 1.67. The maximum absolute atomic E-state index is 11.6. The molecule has 0 fully saturated rings. The van der Waals surface area contributed by atoms with Crippen LogP contribution in [0, 0.1) is 20.8 Å². The number of aryl methyl sites for hydroxylation is 3. The van der Waals surface area contributed by atoms with Gasteiger partial charge in [-0.15, -0.1) is 0 Å². The second-order valence-electron chi connectivity index (χ2n) is 4.82. The molecule has 1 amide bonds. The molecule has 1 aromatic carbocycles. The van der Waals surface area contributed by atoms with Crippen molar-refractivity contribution in [2.75, 3.05) is 13.7 Å². The fourth-order valence-corrected chi connectivity index (χ4v) is 2.12. The molecule has 110 valence electrons. The van der Waals surface area contributed by atoms with Crippen molar-refractivity contribution >= 4 is 11.9 Å². The van der Waals surface area contributed by atoms with Crippen LogP contribution < -0.4 is 10.1 Å². The van der Waals surface area contributed by atoms with E-state index in [-0.39, 0.29) is 12.5 Å². The van der Waals surface area contributed by atoms with Gasteiger partial charge in [-0.25, -0.2) is 4.79 Å². The van der Waals surface area contributed by atoms with Gasteiger partial charge in [0.05, 0.1) is 7.11 Å². The Bertz CT molecular complexity index is 488. The van der Waals surface area contributed by atoms with Gasteiger partial charge in [-0.3, -0.25) is 4.79 Å². The minimum atomic E-state index is -0.808. The van der Waals surface area contributed by atoms with Crippen molar-refractivity contribution in [1.29, 1.82) is 0 Å². The molecule has 1 atom stereocenters. The van der Waals surface area contributed by atoms with Gasteiger partial charge in [0.15, 0.2) is 6.04 Å². The first-order chi connectivity index (χ1) is 9.35. The van der Waals surface area contributed by atoms with Gasteiger partial charge in [-0.05, 0) is 31.9 Å². The minimum absolute atomic E-state index is 0.0387. The second kappa shape index (κ2) is 6.93. The minimum Gasteiger partial charge on any atom is -0.490 e. The molecule has 0 aliphatic carbocycles. The first-order valence-corrected chi connectivity index (χ1v) is 6.40. The fourth-order valence-electron chi connectivity index (χ4n) is 2.12. The van der Waals surface area contributed by atoms with Crippen molar-refractivity contribution in [3.05, 3.63) is 28.8 Å². The predicted molar refractivity (Wildman–Crippen MR) is 75.8 cm³/mol. The number of rotatable bonds is 5. The number of benzene rings is 1. The summed E-state index contributed by atoms with van der Waals surface area (Å²) >= 11 is 0. The van der Waals surface area contributed by atoms with E-state index in [2.05, 4.69) is 10.1 Å². The summed E-state index contributed by atoms with van der Waals surface area (Å²) in [5.74, 6) is -0.0983. The third kappa shape index (κ3) is 4.26. The fraction of sp³-hybridized carbons (Fsp3) is 0.467. The number of esters is 1. The van der Waals surface area contributed by atoms with Crippen molar-refractivity contribution in [2.45, 2.75) is 33.7 Å². The highest BCUT2D eigenvalue weighted by Crippen LogP contribution is 2.24. The molecule has 0 radical (unpaired) electrons. The van der Waals surface area contributed by atoms with Crippen molar-refractivity contribution in [3.63, 3.8) is 0 Å². The topological polar surface area (TPSA) is 64.6 Å². The Labute approximate surface area is 119 Å². The van der Waals surface area contributed by atoms with Crippen LogP contribution in [0.5, 0.6) is 5.75 Å². The Morgan fingerprint density at radius 2 is 1.75 bits per heavy atom. The van der Waals surface area contributed by atoms with Gasteiger partial charge in [0.25, 0.3) is 0 Å². The average Bonchev–Trinajstić information content (AvgIpc) is 2.34. The van der Waals surface area contributed by atoms with Crippen molar-refractivity contribution in [3.8, 4) is 5.75 Å². The van der Waals surface area contributed by atoms with Gasteiger partial charge < -0.3 is 14.8 Å². The molecule has 20 heavy (non-hydrogen) atoms. The summed E-state index contributed by atoms with van der Waals surface area (Å²) < 4.78 is 10.3. The third-order valence-electron chi connectivity index (χ3n) is 2.86. The molecule has 1 unspecified atom stereocenters. The number of carbonyl (C=O) groups excluding carboxylic acids is 2. The van der Waals surface area contributed by atoms with Gasteiger partial charge in [-0.1, -0.05) is 17.7 Å². The number of nitrogens with one attached hydrogen (secondary N) is 1. The first-order valence-electron chi connectivity index (χ1n) is 6.40. The number of methoxy groups -OCH3 is 1. The summed E-state index contributed by atoms with van der Waals surface area (Å²) in [6, 6.07) is 3.21. The van der Waals surface area contributed by atoms with Crippen LogP contribution in [-0.4, -0.2) is 31.6 Å². The molecule has 5 nitrogen and oxygen atoms in total.